The summed E-state index contributed by atoms with van der Waals surface area (Å²) in [6.45, 7) is 3.93. The van der Waals surface area contributed by atoms with Crippen molar-refractivity contribution in [2.45, 2.75) is 19.5 Å². The van der Waals surface area contributed by atoms with Crippen LogP contribution in [0, 0.1) is 0 Å². The lowest BCUT2D eigenvalue weighted by Crippen LogP contribution is -2.48. The molecule has 1 saturated heterocycles. The number of nitrogens with one attached hydrogen (secondary N) is 1. The average molecular weight is 447 g/mol. The minimum absolute atomic E-state index is 0.0607. The highest BCUT2D eigenvalue weighted by atomic mass is 16.5. The van der Waals surface area contributed by atoms with E-state index >= 15 is 0 Å². The molecule has 0 spiro atoms. The standard InChI is InChI=1S/C24H26N6O3/c1-33-17-6-7-20-21(14-17)27-22(26-20)15-28-10-12-29(13-11-28)23(31)8-9-30-16-25-19-5-3-2-4-18(19)24(30)32/h2-7,14,16H,8-13,15H2,1H3,(H,26,27). The summed E-state index contributed by atoms with van der Waals surface area (Å²) in [6, 6.07) is 13.0. The minimum Gasteiger partial charge on any atom is -0.497 e. The molecule has 1 aliphatic rings. The molecule has 170 valence electrons. The number of carbonyl (C=O) groups excluding carboxylic acids is 1. The molecule has 5 rings (SSSR count). The number of imidazole rings is 1. The summed E-state index contributed by atoms with van der Waals surface area (Å²) in [5.41, 5.74) is 2.43. The number of H-pyrrole nitrogens is 1. The maximum atomic E-state index is 12.7. The first kappa shape index (κ1) is 21.1. The minimum atomic E-state index is -0.110. The van der Waals surface area contributed by atoms with Crippen molar-refractivity contribution in [3.63, 3.8) is 0 Å². The van der Waals surface area contributed by atoms with Crippen LogP contribution in [-0.4, -0.2) is 68.5 Å². The van der Waals surface area contributed by atoms with Gasteiger partial charge in [-0.3, -0.25) is 19.1 Å². The number of fused-ring (bicyclic) bond motifs is 2. The number of hydrogen-bond donors (Lipinski definition) is 1. The number of aryl methyl sites for hydroxylation is 1. The molecule has 0 atom stereocenters. The third kappa shape index (κ3) is 4.45. The molecule has 9 nitrogen and oxygen atoms in total. The summed E-state index contributed by atoms with van der Waals surface area (Å²) in [5.74, 6) is 1.76. The number of para-hydroxylation sites is 1. The summed E-state index contributed by atoms with van der Waals surface area (Å²) in [5, 5.41) is 0.574. The van der Waals surface area contributed by atoms with Gasteiger partial charge in [-0.25, -0.2) is 9.97 Å². The Labute approximate surface area is 190 Å². The molecule has 0 unspecified atom stereocenters. The Kier molecular flexibility index (Phi) is 5.78. The lowest BCUT2D eigenvalue weighted by atomic mass is 10.2. The molecule has 3 heterocycles. The van der Waals surface area contributed by atoms with Gasteiger partial charge < -0.3 is 14.6 Å². The van der Waals surface area contributed by atoms with Gasteiger partial charge in [0.05, 0.1) is 41.9 Å². The van der Waals surface area contributed by atoms with Gasteiger partial charge in [0, 0.05) is 45.2 Å². The number of rotatable bonds is 6. The number of piperazine rings is 1. The van der Waals surface area contributed by atoms with Crippen LogP contribution in [0.2, 0.25) is 0 Å². The molecule has 1 amide bonds. The van der Waals surface area contributed by atoms with Crippen molar-refractivity contribution in [2.24, 2.45) is 0 Å². The number of hydrogen-bond acceptors (Lipinski definition) is 6. The Morgan fingerprint density at radius 2 is 1.91 bits per heavy atom. The van der Waals surface area contributed by atoms with Crippen LogP contribution in [0.5, 0.6) is 5.75 Å². The molecular weight excluding hydrogens is 420 g/mol. The van der Waals surface area contributed by atoms with Gasteiger partial charge >= 0.3 is 0 Å². The lowest BCUT2D eigenvalue weighted by molar-refractivity contribution is -0.133. The zero-order valence-electron chi connectivity index (χ0n) is 18.5. The van der Waals surface area contributed by atoms with Crippen molar-refractivity contribution in [3.8, 4) is 5.75 Å². The van der Waals surface area contributed by atoms with Gasteiger partial charge in [-0.15, -0.1) is 0 Å². The van der Waals surface area contributed by atoms with E-state index in [1.807, 2.05) is 41.3 Å². The van der Waals surface area contributed by atoms with Crippen molar-refractivity contribution >= 4 is 27.8 Å². The van der Waals surface area contributed by atoms with E-state index in [1.165, 1.54) is 10.9 Å². The molecule has 1 N–H and O–H groups in total. The van der Waals surface area contributed by atoms with E-state index in [1.54, 1.807) is 13.2 Å². The summed E-state index contributed by atoms with van der Waals surface area (Å²) in [4.78, 5) is 41.8. The molecule has 0 bridgehead atoms. The van der Waals surface area contributed by atoms with E-state index < -0.39 is 0 Å². The fourth-order valence-electron chi connectivity index (χ4n) is 4.25. The van der Waals surface area contributed by atoms with E-state index in [2.05, 4.69) is 19.9 Å². The number of ether oxygens (including phenoxy) is 1. The number of nitrogens with zero attached hydrogens (tertiary/aromatic N) is 5. The van der Waals surface area contributed by atoms with Crippen LogP contribution in [-0.2, 0) is 17.9 Å². The predicted molar refractivity (Wildman–Crippen MR) is 125 cm³/mol. The zero-order chi connectivity index (χ0) is 22.8. The van der Waals surface area contributed by atoms with Gasteiger partial charge in [0.25, 0.3) is 5.56 Å². The number of carbonyl (C=O) groups is 1. The SMILES string of the molecule is COc1ccc2nc(CN3CCN(C(=O)CCn4cnc5ccccc5c4=O)CC3)[nH]c2c1. The van der Waals surface area contributed by atoms with Crippen LogP contribution in [0.25, 0.3) is 21.9 Å². The first-order valence-electron chi connectivity index (χ1n) is 11.1. The smallest absolute Gasteiger partial charge is 0.261 e. The van der Waals surface area contributed by atoms with Crippen LogP contribution in [0.4, 0.5) is 0 Å². The van der Waals surface area contributed by atoms with Gasteiger partial charge in [-0.05, 0) is 24.3 Å². The molecule has 33 heavy (non-hydrogen) atoms. The maximum absolute atomic E-state index is 12.7. The molecule has 1 aliphatic heterocycles. The van der Waals surface area contributed by atoms with Crippen LogP contribution in [0.1, 0.15) is 12.2 Å². The van der Waals surface area contributed by atoms with Crippen molar-refractivity contribution in [3.05, 3.63) is 65.0 Å². The van der Waals surface area contributed by atoms with Gasteiger partial charge in [-0.1, -0.05) is 12.1 Å². The highest BCUT2D eigenvalue weighted by Crippen LogP contribution is 2.19. The Morgan fingerprint density at radius 1 is 1.09 bits per heavy atom. The molecule has 2 aromatic heterocycles. The number of methoxy groups -OCH3 is 1. The Morgan fingerprint density at radius 3 is 2.73 bits per heavy atom. The third-order valence-corrected chi connectivity index (χ3v) is 6.13. The molecule has 0 saturated carbocycles. The van der Waals surface area contributed by atoms with Crippen LogP contribution in [0.3, 0.4) is 0 Å². The monoisotopic (exact) mass is 446 g/mol. The quantitative estimate of drug-likeness (QED) is 0.487. The molecule has 2 aromatic carbocycles. The van der Waals surface area contributed by atoms with Crippen molar-refractivity contribution < 1.29 is 9.53 Å². The Balaban J connectivity index is 1.15. The van der Waals surface area contributed by atoms with E-state index in [-0.39, 0.29) is 17.9 Å². The number of aromatic amines is 1. The second kappa shape index (κ2) is 9.03. The maximum Gasteiger partial charge on any atom is 0.261 e. The average Bonchev–Trinajstić information content (AvgIpc) is 3.25. The molecular formula is C24H26N6O3. The van der Waals surface area contributed by atoms with Gasteiger partial charge in [0.2, 0.25) is 5.91 Å². The summed E-state index contributed by atoms with van der Waals surface area (Å²) in [7, 11) is 1.65. The normalized spacial score (nSPS) is 14.8. The first-order chi connectivity index (χ1) is 16.1. The number of amides is 1. The third-order valence-electron chi connectivity index (χ3n) is 6.13. The zero-order valence-corrected chi connectivity index (χ0v) is 18.5. The second-order valence-corrected chi connectivity index (χ2v) is 8.23. The summed E-state index contributed by atoms with van der Waals surface area (Å²) in [6.07, 6.45) is 1.81. The van der Waals surface area contributed by atoms with E-state index in [4.69, 9.17) is 4.74 Å². The van der Waals surface area contributed by atoms with Gasteiger partial charge in [0.1, 0.15) is 11.6 Å². The van der Waals surface area contributed by atoms with Crippen LogP contribution in [0.15, 0.2) is 53.6 Å². The largest absolute Gasteiger partial charge is 0.497 e. The van der Waals surface area contributed by atoms with Crippen molar-refractivity contribution in [1.29, 1.82) is 0 Å². The topological polar surface area (TPSA) is 96.3 Å². The summed E-state index contributed by atoms with van der Waals surface area (Å²) >= 11 is 0. The van der Waals surface area contributed by atoms with Crippen molar-refractivity contribution in [1.82, 2.24) is 29.3 Å². The van der Waals surface area contributed by atoms with Gasteiger partial charge in [-0.2, -0.15) is 0 Å². The highest BCUT2D eigenvalue weighted by molar-refractivity contribution is 5.78. The van der Waals surface area contributed by atoms with E-state index in [0.717, 1.165) is 35.7 Å². The van der Waals surface area contributed by atoms with Crippen LogP contribution < -0.4 is 10.3 Å². The van der Waals surface area contributed by atoms with E-state index in [0.29, 0.717) is 37.1 Å². The fraction of sp³-hybridized carbons (Fsp3) is 0.333. The molecule has 1 fully saturated rings. The van der Waals surface area contributed by atoms with Gasteiger partial charge in [0.15, 0.2) is 0 Å². The van der Waals surface area contributed by atoms with E-state index in [9.17, 15) is 9.59 Å². The Bertz CT molecular complexity index is 1350. The number of aromatic nitrogens is 4. The number of benzene rings is 2. The van der Waals surface area contributed by atoms with Crippen LogP contribution >= 0.6 is 0 Å². The molecule has 0 aliphatic carbocycles. The second-order valence-electron chi connectivity index (χ2n) is 8.23. The first-order valence-corrected chi connectivity index (χ1v) is 11.1. The van der Waals surface area contributed by atoms with Crippen molar-refractivity contribution in [2.75, 3.05) is 33.3 Å². The Hall–Kier alpha value is -3.72. The lowest BCUT2D eigenvalue weighted by Gasteiger charge is -2.34. The summed E-state index contributed by atoms with van der Waals surface area (Å²) < 4.78 is 6.79. The molecule has 9 heteroatoms. The molecule has 0 radical (unpaired) electrons. The predicted octanol–water partition coefficient (Wildman–Crippen LogP) is 2.02. The molecule has 4 aromatic rings. The fourth-order valence-corrected chi connectivity index (χ4v) is 4.25. The highest BCUT2D eigenvalue weighted by Gasteiger charge is 2.22.